The Morgan fingerprint density at radius 3 is 2.28 bits per heavy atom. The number of rotatable bonds is 7. The van der Waals surface area contributed by atoms with Gasteiger partial charge in [0.2, 0.25) is 10.0 Å². The molecule has 0 spiro atoms. The minimum Gasteiger partial charge on any atom is -0.495 e. The van der Waals surface area contributed by atoms with E-state index >= 15 is 0 Å². The van der Waals surface area contributed by atoms with Gasteiger partial charge in [0.25, 0.3) is 5.69 Å². The van der Waals surface area contributed by atoms with Gasteiger partial charge in [-0.25, -0.2) is 8.42 Å². The fourth-order valence-corrected chi connectivity index (χ4v) is 4.71. The molecule has 29 heavy (non-hydrogen) atoms. The van der Waals surface area contributed by atoms with Crippen LogP contribution in [0.3, 0.4) is 0 Å². The number of hydrogen-bond acceptors (Lipinski definition) is 5. The number of non-ortho nitro benzene ring substituents is 1. The van der Waals surface area contributed by atoms with Crippen LogP contribution in [0.5, 0.6) is 5.75 Å². The van der Waals surface area contributed by atoms with Crippen molar-refractivity contribution in [3.8, 4) is 5.75 Å². The fraction of sp³-hybridized carbons (Fsp3) is 0.333. The molecule has 3 rings (SSSR count). The summed E-state index contributed by atoms with van der Waals surface area (Å²) in [5.41, 5.74) is -0.866. The second-order valence-electron chi connectivity index (χ2n) is 6.57. The zero-order valence-electron chi connectivity index (χ0n) is 15.2. The molecule has 1 aliphatic rings. The molecule has 0 unspecified atom stereocenters. The molecule has 0 heterocycles. The number of halogens is 3. The number of nitro benzene ring substituents is 1. The first-order chi connectivity index (χ1) is 13.5. The fourth-order valence-electron chi connectivity index (χ4n) is 2.86. The molecule has 0 bridgehead atoms. The molecule has 156 valence electrons. The number of nitrogens with zero attached hydrogens (tertiary/aromatic N) is 2. The van der Waals surface area contributed by atoms with Crippen molar-refractivity contribution in [2.75, 3.05) is 7.11 Å². The van der Waals surface area contributed by atoms with Gasteiger partial charge in [-0.1, -0.05) is 12.1 Å². The minimum atomic E-state index is -4.49. The number of hydrogen-bond donors (Lipinski definition) is 0. The summed E-state index contributed by atoms with van der Waals surface area (Å²) in [6.07, 6.45) is -3.30. The van der Waals surface area contributed by atoms with Gasteiger partial charge >= 0.3 is 6.18 Å². The maximum atomic E-state index is 13.2. The summed E-state index contributed by atoms with van der Waals surface area (Å²) >= 11 is 0. The van der Waals surface area contributed by atoms with Gasteiger partial charge in [0.05, 0.1) is 17.6 Å². The van der Waals surface area contributed by atoms with Gasteiger partial charge < -0.3 is 4.74 Å². The lowest BCUT2D eigenvalue weighted by molar-refractivity contribution is -0.385. The summed E-state index contributed by atoms with van der Waals surface area (Å²) in [5, 5.41) is 11.1. The summed E-state index contributed by atoms with van der Waals surface area (Å²) in [5.74, 6) is -0.0475. The first-order valence-corrected chi connectivity index (χ1v) is 9.98. The predicted molar refractivity (Wildman–Crippen MR) is 96.8 cm³/mol. The molecule has 11 heteroatoms. The smallest absolute Gasteiger partial charge is 0.416 e. The molecule has 0 radical (unpaired) electrons. The molecule has 0 saturated heterocycles. The second kappa shape index (κ2) is 7.64. The van der Waals surface area contributed by atoms with Crippen LogP contribution in [-0.4, -0.2) is 30.8 Å². The molecule has 2 aromatic rings. The van der Waals surface area contributed by atoms with Crippen LogP contribution in [0.25, 0.3) is 0 Å². The van der Waals surface area contributed by atoms with Crippen molar-refractivity contribution in [2.24, 2.45) is 0 Å². The number of methoxy groups -OCH3 is 1. The van der Waals surface area contributed by atoms with Crippen molar-refractivity contribution < 1.29 is 31.2 Å². The van der Waals surface area contributed by atoms with Crippen molar-refractivity contribution in [2.45, 2.75) is 36.5 Å². The highest BCUT2D eigenvalue weighted by molar-refractivity contribution is 7.89. The van der Waals surface area contributed by atoms with E-state index in [1.54, 1.807) is 0 Å². The largest absolute Gasteiger partial charge is 0.495 e. The highest BCUT2D eigenvalue weighted by Gasteiger charge is 2.40. The van der Waals surface area contributed by atoms with Gasteiger partial charge in [-0.05, 0) is 36.6 Å². The molecule has 0 aromatic heterocycles. The summed E-state index contributed by atoms with van der Waals surface area (Å²) in [7, 11) is -2.94. The van der Waals surface area contributed by atoms with Crippen molar-refractivity contribution in [1.82, 2.24) is 4.31 Å². The normalized spacial score (nSPS) is 14.8. The third-order valence-electron chi connectivity index (χ3n) is 4.52. The van der Waals surface area contributed by atoms with E-state index in [-0.39, 0.29) is 23.2 Å². The van der Waals surface area contributed by atoms with E-state index in [0.29, 0.717) is 18.4 Å². The Bertz CT molecular complexity index is 1020. The highest BCUT2D eigenvalue weighted by atomic mass is 32.2. The van der Waals surface area contributed by atoms with E-state index in [2.05, 4.69) is 0 Å². The molecule has 0 atom stereocenters. The van der Waals surface area contributed by atoms with Crippen LogP contribution in [0.1, 0.15) is 24.0 Å². The van der Waals surface area contributed by atoms with E-state index in [1.165, 1.54) is 25.3 Å². The average molecular weight is 430 g/mol. The van der Waals surface area contributed by atoms with Crippen molar-refractivity contribution in [3.05, 3.63) is 63.7 Å². The zero-order valence-corrected chi connectivity index (χ0v) is 16.0. The summed E-state index contributed by atoms with van der Waals surface area (Å²) in [6, 6.07) is 7.16. The first-order valence-electron chi connectivity index (χ1n) is 8.54. The van der Waals surface area contributed by atoms with Gasteiger partial charge in [-0.3, -0.25) is 10.1 Å². The number of nitro groups is 1. The lowest BCUT2D eigenvalue weighted by Crippen LogP contribution is -2.33. The van der Waals surface area contributed by atoms with Crippen molar-refractivity contribution in [3.63, 3.8) is 0 Å². The summed E-state index contributed by atoms with van der Waals surface area (Å²) < 4.78 is 70.9. The van der Waals surface area contributed by atoms with Gasteiger partial charge in [0.15, 0.2) is 0 Å². The van der Waals surface area contributed by atoms with Crippen LogP contribution in [0.4, 0.5) is 18.9 Å². The standard InChI is InChI=1S/C18H17F3N2O5S/c1-28-16-9-8-15(23(24)25)10-17(16)29(26,27)22(14-6-7-14)11-12-2-4-13(5-3-12)18(19,20)21/h2-5,8-10,14H,6-7,11H2,1H3. The molecule has 0 N–H and O–H groups in total. The molecule has 7 nitrogen and oxygen atoms in total. The molecule has 0 aliphatic heterocycles. The van der Waals surface area contributed by atoms with Crippen molar-refractivity contribution in [1.29, 1.82) is 0 Å². The van der Waals surface area contributed by atoms with Crippen LogP contribution in [0, 0.1) is 10.1 Å². The van der Waals surface area contributed by atoms with Crippen LogP contribution in [-0.2, 0) is 22.7 Å². The van der Waals surface area contributed by atoms with E-state index in [4.69, 9.17) is 4.74 Å². The van der Waals surface area contributed by atoms with E-state index in [9.17, 15) is 31.7 Å². The van der Waals surface area contributed by atoms with Crippen molar-refractivity contribution >= 4 is 15.7 Å². The monoisotopic (exact) mass is 430 g/mol. The molecule has 1 aliphatic carbocycles. The Balaban J connectivity index is 1.97. The SMILES string of the molecule is COc1ccc([N+](=O)[O-])cc1S(=O)(=O)N(Cc1ccc(C(F)(F)F)cc1)C1CC1. The Labute approximate surface area is 164 Å². The van der Waals surface area contributed by atoms with Gasteiger partial charge in [0.1, 0.15) is 10.6 Å². The third-order valence-corrected chi connectivity index (χ3v) is 6.44. The van der Waals surface area contributed by atoms with Gasteiger partial charge in [0, 0.05) is 24.7 Å². The topological polar surface area (TPSA) is 89.7 Å². The molecular weight excluding hydrogens is 413 g/mol. The number of sulfonamides is 1. The first kappa shape index (κ1) is 21.1. The van der Waals surface area contributed by atoms with E-state index < -0.39 is 32.4 Å². The Hall–Kier alpha value is -2.66. The summed E-state index contributed by atoms with van der Waals surface area (Å²) in [4.78, 5) is 10.00. The average Bonchev–Trinajstić information content (AvgIpc) is 3.50. The number of alkyl halides is 3. The van der Waals surface area contributed by atoms with Gasteiger partial charge in [-0.2, -0.15) is 17.5 Å². The Morgan fingerprint density at radius 2 is 1.79 bits per heavy atom. The van der Waals surface area contributed by atoms with E-state index in [1.807, 2.05) is 0 Å². The van der Waals surface area contributed by atoms with Crippen LogP contribution in [0.15, 0.2) is 47.4 Å². The second-order valence-corrected chi connectivity index (χ2v) is 8.43. The highest BCUT2D eigenvalue weighted by Crippen LogP contribution is 2.38. The zero-order chi connectivity index (χ0) is 21.4. The molecular formula is C18H17F3N2O5S. The lowest BCUT2D eigenvalue weighted by atomic mass is 10.1. The summed E-state index contributed by atoms with van der Waals surface area (Å²) in [6.45, 7) is -0.156. The Morgan fingerprint density at radius 1 is 1.17 bits per heavy atom. The van der Waals surface area contributed by atoms with Gasteiger partial charge in [-0.15, -0.1) is 0 Å². The van der Waals surface area contributed by atoms with Crippen LogP contribution < -0.4 is 4.74 Å². The third kappa shape index (κ3) is 4.51. The quantitative estimate of drug-likeness (QED) is 0.490. The van der Waals surface area contributed by atoms with Crippen LogP contribution in [0.2, 0.25) is 0 Å². The number of benzene rings is 2. The molecule has 2 aromatic carbocycles. The van der Waals surface area contributed by atoms with E-state index in [0.717, 1.165) is 28.6 Å². The maximum absolute atomic E-state index is 13.2. The molecule has 0 amide bonds. The Kier molecular flexibility index (Phi) is 5.54. The minimum absolute atomic E-state index is 0.0475. The number of ether oxygens (including phenoxy) is 1. The molecule has 1 saturated carbocycles. The van der Waals surface area contributed by atoms with Crippen LogP contribution >= 0.6 is 0 Å². The molecule has 1 fully saturated rings. The lowest BCUT2D eigenvalue weighted by Gasteiger charge is -2.23. The maximum Gasteiger partial charge on any atom is 0.416 e. The predicted octanol–water partition coefficient (Wildman–Crippen LogP) is 3.98.